The number of nitrogens with zero attached hydrogens (tertiary/aromatic N) is 2. The minimum Gasteiger partial charge on any atom is -0.497 e. The molecule has 0 bridgehead atoms. The highest BCUT2D eigenvalue weighted by Crippen LogP contribution is 2.28. The Morgan fingerprint density at radius 1 is 1.00 bits per heavy atom. The van der Waals surface area contributed by atoms with Gasteiger partial charge in [-0.25, -0.2) is 4.98 Å². The van der Waals surface area contributed by atoms with Gasteiger partial charge >= 0.3 is 0 Å². The molecule has 176 valence electrons. The van der Waals surface area contributed by atoms with Crippen LogP contribution in [0.3, 0.4) is 0 Å². The average molecular weight is 457 g/mol. The molecule has 6 nitrogen and oxygen atoms in total. The first-order chi connectivity index (χ1) is 16.7. The molecule has 0 aliphatic carbocycles. The summed E-state index contributed by atoms with van der Waals surface area (Å²) < 4.78 is 11.5. The molecule has 4 aromatic rings. The van der Waals surface area contributed by atoms with Crippen LogP contribution < -0.4 is 14.8 Å². The first-order valence-corrected chi connectivity index (χ1v) is 11.9. The quantitative estimate of drug-likeness (QED) is 0.394. The van der Waals surface area contributed by atoms with Crippen LogP contribution in [0.5, 0.6) is 11.5 Å². The minimum absolute atomic E-state index is 0.0406. The maximum absolute atomic E-state index is 6.16. The fraction of sp³-hybridized carbons (Fsp3) is 0.321. The van der Waals surface area contributed by atoms with Gasteiger partial charge in [0.2, 0.25) is 0 Å². The van der Waals surface area contributed by atoms with Gasteiger partial charge in [-0.2, -0.15) is 0 Å². The van der Waals surface area contributed by atoms with Gasteiger partial charge in [0.1, 0.15) is 23.9 Å². The summed E-state index contributed by atoms with van der Waals surface area (Å²) in [4.78, 5) is 10.9. The molecule has 5 rings (SSSR count). The zero-order valence-corrected chi connectivity index (χ0v) is 19.8. The molecule has 2 N–H and O–H groups in total. The van der Waals surface area contributed by atoms with Crippen molar-refractivity contribution in [2.45, 2.75) is 31.5 Å². The van der Waals surface area contributed by atoms with Crippen molar-refractivity contribution in [1.82, 2.24) is 20.2 Å². The van der Waals surface area contributed by atoms with Gasteiger partial charge in [0.25, 0.3) is 0 Å². The van der Waals surface area contributed by atoms with E-state index in [0.29, 0.717) is 12.6 Å². The number of para-hydroxylation sites is 2. The summed E-state index contributed by atoms with van der Waals surface area (Å²) in [6, 6.07) is 24.9. The maximum Gasteiger partial charge on any atom is 0.129 e. The largest absolute Gasteiger partial charge is 0.497 e. The molecule has 3 aromatic carbocycles. The molecule has 0 radical (unpaired) electrons. The third-order valence-corrected chi connectivity index (χ3v) is 6.53. The minimum atomic E-state index is -0.0406. The Morgan fingerprint density at radius 3 is 2.62 bits per heavy atom. The molecule has 1 fully saturated rings. The molecule has 1 aromatic heterocycles. The number of benzene rings is 3. The van der Waals surface area contributed by atoms with Crippen LogP contribution in [0, 0.1) is 0 Å². The third kappa shape index (κ3) is 5.24. The van der Waals surface area contributed by atoms with Crippen molar-refractivity contribution in [1.29, 1.82) is 0 Å². The lowest BCUT2D eigenvalue weighted by Crippen LogP contribution is -2.42. The van der Waals surface area contributed by atoms with Crippen molar-refractivity contribution in [2.24, 2.45) is 0 Å². The Morgan fingerprint density at radius 2 is 1.79 bits per heavy atom. The molecule has 0 spiro atoms. The van der Waals surface area contributed by atoms with Crippen molar-refractivity contribution < 1.29 is 9.47 Å². The van der Waals surface area contributed by atoms with Crippen LogP contribution >= 0.6 is 0 Å². The molecule has 1 saturated heterocycles. The number of hydrogen-bond acceptors (Lipinski definition) is 5. The number of methoxy groups -OCH3 is 1. The number of hydrogen-bond donors (Lipinski definition) is 2. The lowest BCUT2D eigenvalue weighted by molar-refractivity contribution is 0.228. The first-order valence-electron chi connectivity index (χ1n) is 11.9. The van der Waals surface area contributed by atoms with Gasteiger partial charge in [0, 0.05) is 6.04 Å². The molecule has 2 heterocycles. The normalized spacial score (nSPS) is 15.9. The van der Waals surface area contributed by atoms with Crippen LogP contribution in [-0.4, -0.2) is 48.2 Å². The maximum atomic E-state index is 6.16. The number of nitrogens with one attached hydrogen (secondary N) is 2. The zero-order chi connectivity index (χ0) is 23.3. The van der Waals surface area contributed by atoms with E-state index in [9.17, 15) is 0 Å². The lowest BCUT2D eigenvalue weighted by Gasteiger charge is -2.32. The lowest BCUT2D eigenvalue weighted by atomic mass is 10.0. The number of rotatable bonds is 8. The van der Waals surface area contributed by atoms with Gasteiger partial charge in [0.05, 0.1) is 24.2 Å². The number of aromatic nitrogens is 2. The molecular formula is C28H32N4O2. The predicted molar refractivity (Wildman–Crippen MR) is 135 cm³/mol. The van der Waals surface area contributed by atoms with E-state index >= 15 is 0 Å². The van der Waals surface area contributed by atoms with Crippen LogP contribution in [0.25, 0.3) is 11.0 Å². The number of likely N-dealkylation sites (tertiary alicyclic amines) is 1. The van der Waals surface area contributed by atoms with Crippen molar-refractivity contribution in [3.8, 4) is 11.5 Å². The second kappa shape index (κ2) is 10.3. The summed E-state index contributed by atoms with van der Waals surface area (Å²) >= 11 is 0. The fourth-order valence-corrected chi connectivity index (χ4v) is 4.57. The molecule has 1 unspecified atom stereocenters. The molecule has 0 amide bonds. The summed E-state index contributed by atoms with van der Waals surface area (Å²) in [5, 5.41) is 3.89. The molecule has 1 aliphatic rings. The Balaban J connectivity index is 1.39. The summed E-state index contributed by atoms with van der Waals surface area (Å²) in [6.45, 7) is 2.70. The second-order valence-electron chi connectivity index (χ2n) is 9.03. The molecule has 34 heavy (non-hydrogen) atoms. The van der Waals surface area contributed by atoms with Crippen molar-refractivity contribution in [3.63, 3.8) is 0 Å². The molecule has 1 aliphatic heterocycles. The highest BCUT2D eigenvalue weighted by Gasteiger charge is 2.24. The first kappa shape index (κ1) is 22.4. The number of imidazole rings is 1. The van der Waals surface area contributed by atoms with Crippen molar-refractivity contribution >= 4 is 11.0 Å². The fourth-order valence-electron chi connectivity index (χ4n) is 4.57. The van der Waals surface area contributed by atoms with E-state index in [1.807, 2.05) is 42.5 Å². The Kier molecular flexibility index (Phi) is 6.79. The Hall–Kier alpha value is -3.35. The Bertz CT molecular complexity index is 1200. The zero-order valence-electron chi connectivity index (χ0n) is 19.8. The van der Waals surface area contributed by atoms with Gasteiger partial charge in [-0.1, -0.05) is 36.4 Å². The highest BCUT2D eigenvalue weighted by molar-refractivity contribution is 5.75. The average Bonchev–Trinajstić information content (AvgIpc) is 3.31. The number of fused-ring (bicyclic) bond motifs is 1. The smallest absolute Gasteiger partial charge is 0.129 e. The van der Waals surface area contributed by atoms with E-state index in [1.165, 1.54) is 0 Å². The van der Waals surface area contributed by atoms with E-state index in [2.05, 4.69) is 52.6 Å². The van der Waals surface area contributed by atoms with Crippen LogP contribution in [0.15, 0.2) is 72.8 Å². The van der Waals surface area contributed by atoms with Gasteiger partial charge in [-0.05, 0) is 80.5 Å². The van der Waals surface area contributed by atoms with Crippen LogP contribution in [0.2, 0.25) is 0 Å². The molecule has 0 saturated carbocycles. The van der Waals surface area contributed by atoms with Crippen molar-refractivity contribution in [2.75, 3.05) is 27.2 Å². The van der Waals surface area contributed by atoms with E-state index in [1.54, 1.807) is 7.11 Å². The third-order valence-electron chi connectivity index (χ3n) is 6.53. The summed E-state index contributed by atoms with van der Waals surface area (Å²) in [5.41, 5.74) is 4.25. The number of piperidine rings is 1. The van der Waals surface area contributed by atoms with E-state index < -0.39 is 0 Å². The van der Waals surface area contributed by atoms with Gasteiger partial charge in [0.15, 0.2) is 0 Å². The summed E-state index contributed by atoms with van der Waals surface area (Å²) in [7, 11) is 3.87. The van der Waals surface area contributed by atoms with E-state index in [-0.39, 0.29) is 6.04 Å². The van der Waals surface area contributed by atoms with Gasteiger partial charge in [-0.15, -0.1) is 0 Å². The highest BCUT2D eigenvalue weighted by atomic mass is 16.5. The monoisotopic (exact) mass is 456 g/mol. The number of ether oxygens (including phenoxy) is 2. The van der Waals surface area contributed by atoms with Gasteiger partial charge < -0.3 is 24.7 Å². The Labute approximate surface area is 200 Å². The topological polar surface area (TPSA) is 62.4 Å². The van der Waals surface area contributed by atoms with Crippen LogP contribution in [0.1, 0.15) is 35.8 Å². The SMILES string of the molecule is COc1cccc(COc2cccc(C(NC3CCN(C)CC3)c3nc4ccccc4[nH]3)c2)c1. The molecule has 6 heteroatoms. The van der Waals surface area contributed by atoms with E-state index in [4.69, 9.17) is 14.5 Å². The standard InChI is InChI=1S/C28H32N4O2/c1-32-15-13-22(14-16-32)29-27(28-30-25-11-3-4-12-26(25)31-28)21-8-6-10-24(18-21)34-19-20-7-5-9-23(17-20)33-2/h3-12,17-18,22,27,29H,13-16,19H2,1-2H3,(H,30,31). The number of H-pyrrole nitrogens is 1. The van der Waals surface area contributed by atoms with Crippen LogP contribution in [0.4, 0.5) is 0 Å². The van der Waals surface area contributed by atoms with Crippen LogP contribution in [-0.2, 0) is 6.61 Å². The summed E-state index contributed by atoms with van der Waals surface area (Å²) in [5.74, 6) is 2.61. The molecular weight excluding hydrogens is 424 g/mol. The summed E-state index contributed by atoms with van der Waals surface area (Å²) in [6.07, 6.45) is 2.25. The van der Waals surface area contributed by atoms with E-state index in [0.717, 1.165) is 65.4 Å². The van der Waals surface area contributed by atoms with Gasteiger partial charge in [-0.3, -0.25) is 0 Å². The predicted octanol–water partition coefficient (Wildman–Crippen LogP) is 4.92. The van der Waals surface area contributed by atoms with Crippen molar-refractivity contribution in [3.05, 3.63) is 89.7 Å². The molecule has 1 atom stereocenters. The number of aromatic amines is 1. The second-order valence-corrected chi connectivity index (χ2v) is 9.03.